The quantitative estimate of drug-likeness (QED) is 0.420. The van der Waals surface area contributed by atoms with Crippen molar-refractivity contribution in [3.63, 3.8) is 0 Å². The molecule has 0 radical (unpaired) electrons. The first kappa shape index (κ1) is 18.8. The molecular formula is C14H24O5P2. The van der Waals surface area contributed by atoms with Gasteiger partial charge < -0.3 is 18.8 Å². The molecule has 0 saturated heterocycles. The van der Waals surface area contributed by atoms with E-state index in [-0.39, 0.29) is 0 Å². The van der Waals surface area contributed by atoms with Gasteiger partial charge in [0.1, 0.15) is 5.75 Å². The van der Waals surface area contributed by atoms with Crippen LogP contribution in [0, 0.1) is 0 Å². The topological polar surface area (TPSA) is 68.2 Å². The van der Waals surface area contributed by atoms with Gasteiger partial charge in [0, 0.05) is 0 Å². The van der Waals surface area contributed by atoms with E-state index in [2.05, 4.69) is 6.92 Å². The SMILES string of the molecule is CCCCCCCCOP(Oc1ccccc1)OP(O)O. The molecule has 1 aromatic rings. The van der Waals surface area contributed by atoms with E-state index in [0.717, 1.165) is 12.8 Å². The Labute approximate surface area is 129 Å². The van der Waals surface area contributed by atoms with E-state index >= 15 is 0 Å². The zero-order chi connectivity index (χ0) is 15.3. The van der Waals surface area contributed by atoms with Gasteiger partial charge in [0.2, 0.25) is 0 Å². The van der Waals surface area contributed by atoms with Gasteiger partial charge in [-0.1, -0.05) is 57.2 Å². The molecule has 7 heteroatoms. The molecule has 1 unspecified atom stereocenters. The molecule has 0 aliphatic heterocycles. The Morgan fingerprint density at radius 1 is 0.952 bits per heavy atom. The summed E-state index contributed by atoms with van der Waals surface area (Å²) < 4.78 is 15.9. The third-order valence-corrected chi connectivity index (χ3v) is 4.63. The van der Waals surface area contributed by atoms with Crippen molar-refractivity contribution < 1.29 is 23.1 Å². The second-order valence-corrected chi connectivity index (χ2v) is 6.61. The van der Waals surface area contributed by atoms with E-state index in [4.69, 9.17) is 23.1 Å². The highest BCUT2D eigenvalue weighted by Crippen LogP contribution is 2.50. The normalized spacial score (nSPS) is 12.6. The third-order valence-electron chi connectivity index (χ3n) is 2.76. The fraction of sp³-hybridized carbons (Fsp3) is 0.571. The summed E-state index contributed by atoms with van der Waals surface area (Å²) in [5.41, 5.74) is 0. The molecule has 120 valence electrons. The molecule has 0 saturated carbocycles. The number of hydrogen-bond acceptors (Lipinski definition) is 5. The summed E-state index contributed by atoms with van der Waals surface area (Å²) in [5.74, 6) is 0.586. The number of hydrogen-bond donors (Lipinski definition) is 2. The summed E-state index contributed by atoms with van der Waals surface area (Å²) in [6.07, 6.45) is 6.97. The average molecular weight is 334 g/mol. The van der Waals surface area contributed by atoms with E-state index < -0.39 is 17.2 Å². The van der Waals surface area contributed by atoms with Crippen molar-refractivity contribution in [1.29, 1.82) is 0 Å². The van der Waals surface area contributed by atoms with Crippen LogP contribution in [0.25, 0.3) is 0 Å². The molecule has 0 spiro atoms. The maximum atomic E-state index is 8.95. The van der Waals surface area contributed by atoms with E-state index in [0.29, 0.717) is 12.4 Å². The van der Waals surface area contributed by atoms with Crippen LogP contribution in [-0.4, -0.2) is 16.4 Å². The molecule has 1 rings (SSSR count). The molecule has 1 atom stereocenters. The van der Waals surface area contributed by atoms with Crippen LogP contribution in [0.1, 0.15) is 45.4 Å². The molecule has 21 heavy (non-hydrogen) atoms. The van der Waals surface area contributed by atoms with E-state index in [1.807, 2.05) is 18.2 Å². The largest absolute Gasteiger partial charge is 0.427 e. The van der Waals surface area contributed by atoms with Crippen molar-refractivity contribution in [2.24, 2.45) is 0 Å². The number of benzene rings is 1. The van der Waals surface area contributed by atoms with Gasteiger partial charge in [0.05, 0.1) is 6.61 Å². The first-order valence-electron chi connectivity index (χ1n) is 7.24. The smallest absolute Gasteiger partial charge is 0.404 e. The first-order chi connectivity index (χ1) is 10.2. The van der Waals surface area contributed by atoms with Gasteiger partial charge >= 0.3 is 17.2 Å². The standard InChI is InChI=1S/C14H24O5P2/c1-2-3-4-5-6-10-13-17-21(19-20(15)16)18-14-11-8-7-9-12-14/h7-9,11-12,15-16H,2-6,10,13H2,1H3. The lowest BCUT2D eigenvalue weighted by molar-refractivity contribution is 0.246. The van der Waals surface area contributed by atoms with Crippen LogP contribution in [-0.2, 0) is 8.83 Å². The molecule has 0 aliphatic carbocycles. The van der Waals surface area contributed by atoms with Crippen LogP contribution >= 0.6 is 17.2 Å². The van der Waals surface area contributed by atoms with E-state index in [1.54, 1.807) is 12.1 Å². The molecule has 0 heterocycles. The first-order valence-corrected chi connectivity index (χ1v) is 9.50. The van der Waals surface area contributed by atoms with Gasteiger partial charge in [0.15, 0.2) is 0 Å². The van der Waals surface area contributed by atoms with Crippen molar-refractivity contribution in [3.05, 3.63) is 30.3 Å². The molecule has 1 aromatic carbocycles. The maximum Gasteiger partial charge on any atom is 0.404 e. The fourth-order valence-electron chi connectivity index (χ4n) is 1.72. The Balaban J connectivity index is 2.23. The highest BCUT2D eigenvalue weighted by molar-refractivity contribution is 7.54. The molecular weight excluding hydrogens is 310 g/mol. The van der Waals surface area contributed by atoms with Crippen molar-refractivity contribution in [2.45, 2.75) is 45.4 Å². The highest BCUT2D eigenvalue weighted by atomic mass is 31.2. The monoisotopic (exact) mass is 334 g/mol. The minimum atomic E-state index is -2.49. The minimum Gasteiger partial charge on any atom is -0.427 e. The Morgan fingerprint density at radius 2 is 1.62 bits per heavy atom. The Hall–Kier alpha value is -0.280. The summed E-state index contributed by atoms with van der Waals surface area (Å²) in [5, 5.41) is 0. The molecule has 0 bridgehead atoms. The summed E-state index contributed by atoms with van der Waals surface area (Å²) in [6.45, 7) is 2.68. The summed E-state index contributed by atoms with van der Waals surface area (Å²) in [4.78, 5) is 17.9. The predicted molar refractivity (Wildman–Crippen MR) is 85.8 cm³/mol. The lowest BCUT2D eigenvalue weighted by Crippen LogP contribution is -1.97. The molecule has 0 aromatic heterocycles. The maximum absolute atomic E-state index is 8.95. The lowest BCUT2D eigenvalue weighted by Gasteiger charge is -2.16. The molecule has 0 fully saturated rings. The molecule has 2 N–H and O–H groups in total. The molecule has 0 aliphatic rings. The van der Waals surface area contributed by atoms with Crippen molar-refractivity contribution >= 4 is 17.2 Å². The highest BCUT2D eigenvalue weighted by Gasteiger charge is 2.19. The molecule has 0 amide bonds. The van der Waals surface area contributed by atoms with Crippen molar-refractivity contribution in [2.75, 3.05) is 6.61 Å². The van der Waals surface area contributed by atoms with Gasteiger partial charge in [0.25, 0.3) is 0 Å². The van der Waals surface area contributed by atoms with Crippen molar-refractivity contribution in [1.82, 2.24) is 0 Å². The fourth-order valence-corrected chi connectivity index (χ4v) is 3.14. The van der Waals surface area contributed by atoms with Gasteiger partial charge in [-0.3, -0.25) is 0 Å². The Kier molecular flexibility index (Phi) is 11.0. The van der Waals surface area contributed by atoms with Crippen molar-refractivity contribution in [3.8, 4) is 5.75 Å². The second-order valence-electron chi connectivity index (χ2n) is 4.56. The number of para-hydroxylation sites is 1. The average Bonchev–Trinajstić information content (AvgIpc) is 2.46. The Bertz CT molecular complexity index is 350. The van der Waals surface area contributed by atoms with Gasteiger partial charge in [-0.2, -0.15) is 0 Å². The van der Waals surface area contributed by atoms with Gasteiger partial charge in [-0.05, 0) is 18.6 Å². The number of rotatable bonds is 12. The summed E-state index contributed by atoms with van der Waals surface area (Å²) in [6, 6.07) is 9.07. The predicted octanol–water partition coefficient (Wildman–Crippen LogP) is 4.90. The minimum absolute atomic E-state index is 0.494. The summed E-state index contributed by atoms with van der Waals surface area (Å²) >= 11 is 0. The third kappa shape index (κ3) is 10.1. The van der Waals surface area contributed by atoms with Crippen LogP contribution in [0.3, 0.4) is 0 Å². The lowest BCUT2D eigenvalue weighted by atomic mass is 10.1. The van der Waals surface area contributed by atoms with E-state index in [9.17, 15) is 0 Å². The summed E-state index contributed by atoms with van der Waals surface area (Å²) in [7, 11) is -4.26. The zero-order valence-corrected chi connectivity index (χ0v) is 14.1. The Morgan fingerprint density at radius 3 is 2.29 bits per heavy atom. The van der Waals surface area contributed by atoms with Crippen LogP contribution in [0.4, 0.5) is 0 Å². The van der Waals surface area contributed by atoms with E-state index in [1.165, 1.54) is 25.7 Å². The van der Waals surface area contributed by atoms with Crippen LogP contribution in [0.5, 0.6) is 5.75 Å². The van der Waals surface area contributed by atoms with Crippen LogP contribution < -0.4 is 4.52 Å². The zero-order valence-electron chi connectivity index (χ0n) is 12.4. The van der Waals surface area contributed by atoms with Gasteiger partial charge in [-0.15, -0.1) is 0 Å². The molecule has 5 nitrogen and oxygen atoms in total. The number of unbranched alkanes of at least 4 members (excludes halogenated alkanes) is 5. The van der Waals surface area contributed by atoms with Crippen LogP contribution in [0.2, 0.25) is 0 Å². The van der Waals surface area contributed by atoms with Gasteiger partial charge in [-0.25, -0.2) is 4.31 Å². The second kappa shape index (κ2) is 12.3. The van der Waals surface area contributed by atoms with Crippen LogP contribution in [0.15, 0.2) is 30.3 Å².